The molecule has 0 spiro atoms. The van der Waals surface area contributed by atoms with Crippen LogP contribution in [0.25, 0.3) is 11.2 Å². The predicted molar refractivity (Wildman–Crippen MR) is 106 cm³/mol. The molecule has 2 aliphatic rings. The third-order valence-electron chi connectivity index (χ3n) is 5.87. The lowest BCUT2D eigenvalue weighted by molar-refractivity contribution is 0.203. The van der Waals surface area contributed by atoms with Gasteiger partial charge in [0.15, 0.2) is 5.65 Å². The lowest BCUT2D eigenvalue weighted by Gasteiger charge is -2.31. The van der Waals surface area contributed by atoms with E-state index in [4.69, 9.17) is 4.74 Å². The van der Waals surface area contributed by atoms with Gasteiger partial charge in [-0.1, -0.05) is 12.1 Å². The normalized spacial score (nSPS) is 20.7. The third-order valence-corrected chi connectivity index (χ3v) is 5.87. The summed E-state index contributed by atoms with van der Waals surface area (Å²) in [6, 6.07) is 8.89. The van der Waals surface area contributed by atoms with E-state index in [1.165, 1.54) is 29.7 Å². The van der Waals surface area contributed by atoms with E-state index in [-0.39, 0.29) is 0 Å². The number of rotatable bonds is 3. The molecule has 5 nitrogen and oxygen atoms in total. The minimum Gasteiger partial charge on any atom is -0.490 e. The van der Waals surface area contributed by atoms with Crippen LogP contribution in [0.3, 0.4) is 0 Å². The average Bonchev–Trinajstić information content (AvgIpc) is 3.24. The maximum Gasteiger partial charge on any atom is 0.156 e. The zero-order chi connectivity index (χ0) is 18.4. The molecular weight excluding hydrogens is 336 g/mol. The fourth-order valence-corrected chi connectivity index (χ4v) is 4.46. The van der Waals surface area contributed by atoms with Gasteiger partial charge in [0.1, 0.15) is 17.4 Å². The van der Waals surface area contributed by atoms with Crippen LogP contribution < -0.4 is 4.74 Å². The highest BCUT2D eigenvalue weighted by atomic mass is 16.5. The maximum absolute atomic E-state index is 5.82. The van der Waals surface area contributed by atoms with Crippen molar-refractivity contribution in [3.63, 3.8) is 0 Å². The van der Waals surface area contributed by atoms with Crippen LogP contribution in [0.2, 0.25) is 0 Å². The molecule has 2 aliphatic heterocycles. The maximum atomic E-state index is 5.82. The summed E-state index contributed by atoms with van der Waals surface area (Å²) in [5.74, 6) is 1.65. The van der Waals surface area contributed by atoms with Gasteiger partial charge >= 0.3 is 0 Å². The van der Waals surface area contributed by atoms with Crippen molar-refractivity contribution >= 4 is 11.2 Å². The van der Waals surface area contributed by atoms with Crippen LogP contribution in [0, 0.1) is 6.92 Å². The van der Waals surface area contributed by atoms with Crippen molar-refractivity contribution in [2.75, 3.05) is 13.1 Å². The lowest BCUT2D eigenvalue weighted by Crippen LogP contribution is -2.32. The molecule has 140 valence electrons. The third kappa shape index (κ3) is 3.32. The summed E-state index contributed by atoms with van der Waals surface area (Å²) in [6.45, 7) is 7.41. The number of hydrogen-bond donors (Lipinski definition) is 1. The topological polar surface area (TPSA) is 54.0 Å². The van der Waals surface area contributed by atoms with E-state index in [0.717, 1.165) is 48.7 Å². The van der Waals surface area contributed by atoms with Gasteiger partial charge in [-0.3, -0.25) is 9.88 Å². The van der Waals surface area contributed by atoms with Crippen LogP contribution in [-0.2, 0) is 13.0 Å². The van der Waals surface area contributed by atoms with Gasteiger partial charge in [0, 0.05) is 30.8 Å². The molecule has 1 saturated heterocycles. The Morgan fingerprint density at radius 2 is 2.07 bits per heavy atom. The predicted octanol–water partition coefficient (Wildman–Crippen LogP) is 3.97. The van der Waals surface area contributed by atoms with Gasteiger partial charge in [-0.25, -0.2) is 4.98 Å². The summed E-state index contributed by atoms with van der Waals surface area (Å²) < 4.78 is 5.82. The van der Waals surface area contributed by atoms with Crippen molar-refractivity contribution in [1.29, 1.82) is 0 Å². The molecule has 1 unspecified atom stereocenters. The highest BCUT2D eigenvalue weighted by molar-refractivity contribution is 5.71. The number of ether oxygens (including phenoxy) is 1. The summed E-state index contributed by atoms with van der Waals surface area (Å²) in [5.41, 5.74) is 6.91. The van der Waals surface area contributed by atoms with Crippen molar-refractivity contribution < 1.29 is 4.74 Å². The van der Waals surface area contributed by atoms with Crippen molar-refractivity contribution in [3.8, 4) is 5.75 Å². The molecule has 5 heteroatoms. The number of hydrogen-bond acceptors (Lipinski definition) is 4. The van der Waals surface area contributed by atoms with E-state index in [1.54, 1.807) is 0 Å². The van der Waals surface area contributed by atoms with Gasteiger partial charge in [-0.15, -0.1) is 0 Å². The van der Waals surface area contributed by atoms with Crippen molar-refractivity contribution in [2.45, 2.75) is 51.7 Å². The van der Waals surface area contributed by atoms with E-state index < -0.39 is 0 Å². The van der Waals surface area contributed by atoms with Crippen LogP contribution >= 0.6 is 0 Å². The smallest absolute Gasteiger partial charge is 0.156 e. The Balaban J connectivity index is 1.23. The molecule has 27 heavy (non-hydrogen) atoms. The summed E-state index contributed by atoms with van der Waals surface area (Å²) in [4.78, 5) is 15.1. The zero-order valence-electron chi connectivity index (χ0n) is 16.0. The Hall–Kier alpha value is -2.40. The molecule has 0 aliphatic carbocycles. The minimum atomic E-state index is 0.315. The van der Waals surface area contributed by atoms with Crippen LogP contribution in [0.5, 0.6) is 5.75 Å². The number of aromatic nitrogens is 3. The fourth-order valence-electron chi connectivity index (χ4n) is 4.46. The molecule has 1 N–H and O–H groups in total. The van der Waals surface area contributed by atoms with Gasteiger partial charge in [-0.2, -0.15) is 0 Å². The van der Waals surface area contributed by atoms with Gasteiger partial charge < -0.3 is 9.72 Å². The fraction of sp³-hybridized carbons (Fsp3) is 0.455. The van der Waals surface area contributed by atoms with Crippen LogP contribution in [0.4, 0.5) is 0 Å². The van der Waals surface area contributed by atoms with Gasteiger partial charge in [-0.05, 0) is 63.0 Å². The van der Waals surface area contributed by atoms with Crippen molar-refractivity contribution in [3.05, 3.63) is 53.0 Å². The molecule has 1 atom stereocenters. The first-order valence-electron chi connectivity index (χ1n) is 9.97. The standard InChI is InChI=1S/C22H26N4O/c1-14-12-23-20-11-19(25-22(20)24-14)17-5-7-26(8-6-17)13-16-3-4-21-18(10-16)9-15(2)27-21/h3-4,10-12,15,17H,5-9,13H2,1-2H3,(H,24,25). The Labute approximate surface area is 159 Å². The minimum absolute atomic E-state index is 0.315. The lowest BCUT2D eigenvalue weighted by atomic mass is 9.93. The number of benzene rings is 1. The number of nitrogens with zero attached hydrogens (tertiary/aromatic N) is 3. The molecule has 2 aromatic heterocycles. The van der Waals surface area contributed by atoms with E-state index in [0.29, 0.717) is 12.0 Å². The number of piperidine rings is 1. The van der Waals surface area contributed by atoms with Crippen molar-refractivity contribution in [2.24, 2.45) is 0 Å². The van der Waals surface area contributed by atoms with Gasteiger partial charge in [0.25, 0.3) is 0 Å². The molecule has 4 heterocycles. The molecule has 0 amide bonds. The van der Waals surface area contributed by atoms with Crippen LogP contribution in [0.1, 0.15) is 48.2 Å². The molecule has 1 aromatic carbocycles. The number of nitrogens with one attached hydrogen (secondary N) is 1. The van der Waals surface area contributed by atoms with Crippen molar-refractivity contribution in [1.82, 2.24) is 19.9 Å². The largest absolute Gasteiger partial charge is 0.490 e. The number of aromatic amines is 1. The van der Waals surface area contributed by atoms with Gasteiger partial charge in [0.05, 0.1) is 5.69 Å². The molecule has 3 aromatic rings. The Morgan fingerprint density at radius 3 is 2.93 bits per heavy atom. The first kappa shape index (κ1) is 16.8. The molecule has 0 saturated carbocycles. The molecule has 1 fully saturated rings. The van der Waals surface area contributed by atoms with Gasteiger partial charge in [0.2, 0.25) is 0 Å². The van der Waals surface area contributed by atoms with E-state index in [1.807, 2.05) is 13.1 Å². The number of H-pyrrole nitrogens is 1. The summed E-state index contributed by atoms with van der Waals surface area (Å²) in [5, 5.41) is 0. The second-order valence-corrected chi connectivity index (χ2v) is 8.09. The van der Waals surface area contributed by atoms with Crippen LogP contribution in [-0.4, -0.2) is 39.0 Å². The highest BCUT2D eigenvalue weighted by Crippen LogP contribution is 2.32. The molecular formula is C22H26N4O. The highest BCUT2D eigenvalue weighted by Gasteiger charge is 2.24. The van der Waals surface area contributed by atoms with E-state index in [2.05, 4.69) is 51.0 Å². The molecule has 0 radical (unpaired) electrons. The summed E-state index contributed by atoms with van der Waals surface area (Å²) in [6.07, 6.45) is 5.54. The molecule has 0 bridgehead atoms. The van der Waals surface area contributed by atoms with E-state index in [9.17, 15) is 0 Å². The SMILES string of the molecule is Cc1cnc2cc(C3CCN(Cc4ccc5c(c4)CC(C)O5)CC3)[nH]c2n1. The number of fused-ring (bicyclic) bond motifs is 2. The quantitative estimate of drug-likeness (QED) is 0.766. The Morgan fingerprint density at radius 1 is 1.22 bits per heavy atom. The summed E-state index contributed by atoms with van der Waals surface area (Å²) in [7, 11) is 0. The zero-order valence-corrected chi connectivity index (χ0v) is 16.0. The second kappa shape index (κ2) is 6.64. The monoisotopic (exact) mass is 362 g/mol. The first-order chi connectivity index (χ1) is 13.1. The first-order valence-corrected chi connectivity index (χ1v) is 9.97. The Kier molecular flexibility index (Phi) is 4.12. The second-order valence-electron chi connectivity index (χ2n) is 8.09. The number of likely N-dealkylation sites (tertiary alicyclic amines) is 1. The number of aryl methyl sites for hydroxylation is 1. The summed E-state index contributed by atoms with van der Waals surface area (Å²) >= 11 is 0. The Bertz CT molecular complexity index is 972. The molecule has 5 rings (SSSR count). The van der Waals surface area contributed by atoms with E-state index >= 15 is 0 Å². The van der Waals surface area contributed by atoms with Crippen LogP contribution in [0.15, 0.2) is 30.5 Å². The average molecular weight is 362 g/mol.